The maximum absolute atomic E-state index is 13.2. The van der Waals surface area contributed by atoms with Crippen molar-refractivity contribution in [3.63, 3.8) is 0 Å². The van der Waals surface area contributed by atoms with Crippen molar-refractivity contribution in [2.75, 3.05) is 13.2 Å². The molecule has 1 aliphatic carbocycles. The zero-order valence-electron chi connectivity index (χ0n) is 14.7. The predicted molar refractivity (Wildman–Crippen MR) is 97.0 cm³/mol. The van der Waals surface area contributed by atoms with Crippen molar-refractivity contribution >= 4 is 28.9 Å². The summed E-state index contributed by atoms with van der Waals surface area (Å²) in [6, 6.07) is 0.724. The second-order valence-corrected chi connectivity index (χ2v) is 8.29. The smallest absolute Gasteiger partial charge is 0.252 e. The van der Waals surface area contributed by atoms with Crippen molar-refractivity contribution in [2.24, 2.45) is 5.92 Å². The third-order valence-electron chi connectivity index (χ3n) is 5.83. The van der Waals surface area contributed by atoms with E-state index in [-0.39, 0.29) is 30.3 Å². The number of likely N-dealkylation sites (tertiary alicyclic amines) is 1. The number of hydrogen-bond donors (Lipinski definition) is 1. The number of amides is 2. The van der Waals surface area contributed by atoms with Gasteiger partial charge in [-0.3, -0.25) is 14.4 Å². The third-order valence-corrected chi connectivity index (χ3v) is 6.51. The Bertz CT molecular complexity index is 684. The van der Waals surface area contributed by atoms with Gasteiger partial charge in [-0.2, -0.15) is 11.3 Å². The normalized spacial score (nSPS) is 26.9. The summed E-state index contributed by atoms with van der Waals surface area (Å²) in [7, 11) is 0. The Balaban J connectivity index is 1.50. The fourth-order valence-electron chi connectivity index (χ4n) is 4.48. The van der Waals surface area contributed by atoms with Gasteiger partial charge in [0.2, 0.25) is 5.91 Å². The molecular formula is C19H24N2O4S. The predicted octanol–water partition coefficient (Wildman–Crippen LogP) is 2.00. The van der Waals surface area contributed by atoms with E-state index in [1.807, 2.05) is 5.38 Å². The van der Waals surface area contributed by atoms with Crippen molar-refractivity contribution in [3.8, 4) is 0 Å². The molecule has 140 valence electrons. The molecule has 1 saturated carbocycles. The maximum Gasteiger partial charge on any atom is 0.252 e. The van der Waals surface area contributed by atoms with Crippen LogP contribution in [0.25, 0.3) is 0 Å². The summed E-state index contributed by atoms with van der Waals surface area (Å²) >= 11 is 1.46. The Kier molecular flexibility index (Phi) is 5.09. The summed E-state index contributed by atoms with van der Waals surface area (Å²) in [5.74, 6) is 0.0875. The first-order chi connectivity index (χ1) is 12.6. The molecule has 3 fully saturated rings. The number of thiophene rings is 1. The van der Waals surface area contributed by atoms with Crippen LogP contribution in [0.1, 0.15) is 48.9 Å². The van der Waals surface area contributed by atoms with Crippen LogP contribution >= 0.6 is 11.3 Å². The number of rotatable bonds is 5. The van der Waals surface area contributed by atoms with Gasteiger partial charge in [0.1, 0.15) is 18.7 Å². The van der Waals surface area contributed by atoms with Crippen LogP contribution in [0.5, 0.6) is 0 Å². The molecule has 0 radical (unpaired) electrons. The summed E-state index contributed by atoms with van der Waals surface area (Å²) in [6.45, 7) is 0.614. The van der Waals surface area contributed by atoms with Crippen LogP contribution in [0, 0.1) is 5.92 Å². The topological polar surface area (TPSA) is 75.7 Å². The Morgan fingerprint density at radius 3 is 2.85 bits per heavy atom. The third kappa shape index (κ3) is 3.42. The quantitative estimate of drug-likeness (QED) is 0.853. The van der Waals surface area contributed by atoms with Gasteiger partial charge < -0.3 is 15.0 Å². The number of carbonyl (C=O) groups is 3. The summed E-state index contributed by atoms with van der Waals surface area (Å²) < 4.78 is 5.49. The molecule has 1 aromatic heterocycles. The number of ketones is 1. The first-order valence-corrected chi connectivity index (χ1v) is 10.4. The van der Waals surface area contributed by atoms with Crippen molar-refractivity contribution in [2.45, 2.75) is 56.7 Å². The molecule has 6 nitrogen and oxygen atoms in total. The van der Waals surface area contributed by atoms with E-state index >= 15 is 0 Å². The lowest BCUT2D eigenvalue weighted by Crippen LogP contribution is -2.52. The highest BCUT2D eigenvalue weighted by atomic mass is 32.1. The maximum atomic E-state index is 13.2. The Morgan fingerprint density at radius 1 is 1.31 bits per heavy atom. The molecule has 26 heavy (non-hydrogen) atoms. The fourth-order valence-corrected chi connectivity index (χ4v) is 5.11. The molecule has 1 aromatic rings. The molecule has 3 heterocycles. The summed E-state index contributed by atoms with van der Waals surface area (Å²) in [4.78, 5) is 39.6. The summed E-state index contributed by atoms with van der Waals surface area (Å²) in [5, 5.41) is 6.58. The lowest BCUT2D eigenvalue weighted by molar-refractivity contribution is -0.138. The van der Waals surface area contributed by atoms with Crippen molar-refractivity contribution < 1.29 is 19.1 Å². The van der Waals surface area contributed by atoms with E-state index in [9.17, 15) is 14.4 Å². The molecule has 3 atom stereocenters. The van der Waals surface area contributed by atoms with Gasteiger partial charge in [-0.15, -0.1) is 0 Å². The van der Waals surface area contributed by atoms with Gasteiger partial charge in [-0.25, -0.2) is 0 Å². The van der Waals surface area contributed by atoms with Crippen LogP contribution in [0.4, 0.5) is 0 Å². The largest absolute Gasteiger partial charge is 0.368 e. The monoisotopic (exact) mass is 376 g/mol. The average molecular weight is 376 g/mol. The zero-order valence-corrected chi connectivity index (χ0v) is 15.5. The molecule has 1 N–H and O–H groups in total. The molecule has 2 amide bonds. The Labute approximate surface area is 156 Å². The minimum absolute atomic E-state index is 0.0235. The van der Waals surface area contributed by atoms with E-state index in [2.05, 4.69) is 5.32 Å². The highest BCUT2D eigenvalue weighted by Gasteiger charge is 2.48. The number of Topliss-reactive ketones (excluding diaryl/α,β-unsaturated/α-hetero) is 1. The van der Waals surface area contributed by atoms with E-state index in [0.29, 0.717) is 30.9 Å². The second kappa shape index (κ2) is 7.48. The summed E-state index contributed by atoms with van der Waals surface area (Å²) in [5.41, 5.74) is 0.582. The number of nitrogens with zero attached hydrogens (tertiary/aromatic N) is 1. The van der Waals surface area contributed by atoms with Crippen LogP contribution in [0.3, 0.4) is 0 Å². The highest BCUT2D eigenvalue weighted by Crippen LogP contribution is 2.31. The van der Waals surface area contributed by atoms with Crippen LogP contribution in [-0.4, -0.2) is 53.8 Å². The lowest BCUT2D eigenvalue weighted by Gasteiger charge is -2.29. The highest BCUT2D eigenvalue weighted by molar-refractivity contribution is 7.08. The van der Waals surface area contributed by atoms with Gasteiger partial charge in [-0.1, -0.05) is 25.7 Å². The van der Waals surface area contributed by atoms with Gasteiger partial charge in [0, 0.05) is 11.9 Å². The van der Waals surface area contributed by atoms with E-state index in [1.165, 1.54) is 24.2 Å². The van der Waals surface area contributed by atoms with E-state index in [0.717, 1.165) is 12.8 Å². The van der Waals surface area contributed by atoms with Crippen molar-refractivity contribution in [1.29, 1.82) is 0 Å². The molecule has 2 unspecified atom stereocenters. The first-order valence-electron chi connectivity index (χ1n) is 9.41. The number of hydrogen-bond acceptors (Lipinski definition) is 5. The van der Waals surface area contributed by atoms with Gasteiger partial charge >= 0.3 is 0 Å². The molecule has 3 aliphatic rings. The minimum Gasteiger partial charge on any atom is -0.368 e. The summed E-state index contributed by atoms with van der Waals surface area (Å²) in [6.07, 6.45) is 5.74. The standard InChI is InChI=1S/C19H24N2O4S/c22-15-10-25-16-5-7-21(17(15)16)19(24)14(9-12-3-1-2-4-12)20-18(23)13-6-8-26-11-13/h6,8,11-12,14,16-17H,1-5,7,9-10H2,(H,20,23)/t14-,16?,17?/m0/s1. The molecule has 0 spiro atoms. The van der Waals surface area contributed by atoms with Gasteiger partial charge in [0.25, 0.3) is 5.91 Å². The Morgan fingerprint density at radius 2 is 2.12 bits per heavy atom. The van der Waals surface area contributed by atoms with Crippen molar-refractivity contribution in [3.05, 3.63) is 22.4 Å². The Hall–Kier alpha value is -1.73. The number of fused-ring (bicyclic) bond motifs is 1. The molecular weight excluding hydrogens is 352 g/mol. The van der Waals surface area contributed by atoms with Gasteiger partial charge in [0.05, 0.1) is 11.7 Å². The first kappa shape index (κ1) is 17.7. The molecule has 7 heteroatoms. The molecule has 2 saturated heterocycles. The van der Waals surface area contributed by atoms with Crippen LogP contribution in [0.2, 0.25) is 0 Å². The SMILES string of the molecule is O=C(N[C@@H](CC1CCCC1)C(=O)N1CCC2OCC(=O)C21)c1ccsc1. The molecule has 4 rings (SSSR count). The van der Waals surface area contributed by atoms with E-state index in [1.54, 1.807) is 16.3 Å². The van der Waals surface area contributed by atoms with Gasteiger partial charge in [0.15, 0.2) is 5.78 Å². The number of carbonyl (C=O) groups excluding carboxylic acids is 3. The minimum atomic E-state index is -0.572. The van der Waals surface area contributed by atoms with Gasteiger partial charge in [-0.05, 0) is 30.2 Å². The number of ether oxygens (including phenoxy) is 1. The molecule has 0 aromatic carbocycles. The van der Waals surface area contributed by atoms with E-state index in [4.69, 9.17) is 4.74 Å². The number of nitrogens with one attached hydrogen (secondary N) is 1. The second-order valence-electron chi connectivity index (χ2n) is 7.51. The molecule has 2 aliphatic heterocycles. The van der Waals surface area contributed by atoms with Crippen LogP contribution < -0.4 is 5.32 Å². The average Bonchev–Trinajstić information content (AvgIpc) is 3.41. The van der Waals surface area contributed by atoms with Crippen molar-refractivity contribution in [1.82, 2.24) is 10.2 Å². The zero-order chi connectivity index (χ0) is 18.1. The fraction of sp³-hybridized carbons (Fsp3) is 0.632. The van der Waals surface area contributed by atoms with Crippen LogP contribution in [-0.2, 0) is 14.3 Å². The van der Waals surface area contributed by atoms with E-state index < -0.39 is 12.1 Å². The molecule has 0 bridgehead atoms. The lowest BCUT2D eigenvalue weighted by atomic mass is 9.96. The van der Waals surface area contributed by atoms with Crippen LogP contribution in [0.15, 0.2) is 16.8 Å².